The highest BCUT2D eigenvalue weighted by Gasteiger charge is 2.16. The molecule has 2 atom stereocenters. The molecule has 1 rings (SSSR count). The summed E-state index contributed by atoms with van der Waals surface area (Å²) in [6.07, 6.45) is 1.70. The quantitative estimate of drug-likeness (QED) is 0.683. The number of hydrogen-bond donors (Lipinski definition) is 2. The number of nitrogens with two attached hydrogens (primary N) is 1. The Labute approximate surface area is 110 Å². The van der Waals surface area contributed by atoms with Crippen LogP contribution >= 0.6 is 0 Å². The van der Waals surface area contributed by atoms with Gasteiger partial charge in [0.25, 0.3) is 0 Å². The van der Waals surface area contributed by atoms with E-state index in [2.05, 4.69) is 17.1 Å². The van der Waals surface area contributed by atoms with Gasteiger partial charge >= 0.3 is 0 Å². The van der Waals surface area contributed by atoms with Gasteiger partial charge in [-0.15, -0.1) is 0 Å². The topological polar surface area (TPSA) is 67.6 Å². The highest BCUT2D eigenvalue weighted by molar-refractivity contribution is 5.81. The van der Waals surface area contributed by atoms with Crippen molar-refractivity contribution in [2.24, 2.45) is 11.7 Å². The SMILES string of the molecule is CCCC(N)C(=O)NCC(C)CN1CCOCC1. The first kappa shape index (κ1) is 15.4. The highest BCUT2D eigenvalue weighted by Crippen LogP contribution is 2.03. The fourth-order valence-electron chi connectivity index (χ4n) is 2.14. The second-order valence-electron chi connectivity index (χ2n) is 5.16. The molecule has 1 fully saturated rings. The summed E-state index contributed by atoms with van der Waals surface area (Å²) in [6.45, 7) is 9.53. The van der Waals surface area contributed by atoms with E-state index in [1.807, 2.05) is 6.92 Å². The second-order valence-corrected chi connectivity index (χ2v) is 5.16. The number of nitrogens with zero attached hydrogens (tertiary/aromatic N) is 1. The molecule has 1 amide bonds. The zero-order valence-electron chi connectivity index (χ0n) is 11.7. The minimum Gasteiger partial charge on any atom is -0.379 e. The van der Waals surface area contributed by atoms with Crippen LogP contribution in [0.2, 0.25) is 0 Å². The monoisotopic (exact) mass is 257 g/mol. The summed E-state index contributed by atoms with van der Waals surface area (Å²) >= 11 is 0. The molecule has 0 saturated carbocycles. The van der Waals surface area contributed by atoms with Gasteiger partial charge in [-0.1, -0.05) is 20.3 Å². The first-order chi connectivity index (χ1) is 8.63. The van der Waals surface area contributed by atoms with Gasteiger partial charge in [-0.2, -0.15) is 0 Å². The number of nitrogens with one attached hydrogen (secondary N) is 1. The Hall–Kier alpha value is -0.650. The Bertz CT molecular complexity index is 242. The molecular weight excluding hydrogens is 230 g/mol. The molecule has 0 radical (unpaired) electrons. The van der Waals surface area contributed by atoms with Gasteiger partial charge in [0.2, 0.25) is 5.91 Å². The molecule has 1 saturated heterocycles. The highest BCUT2D eigenvalue weighted by atomic mass is 16.5. The van der Waals surface area contributed by atoms with Gasteiger partial charge in [-0.25, -0.2) is 0 Å². The second kappa shape index (κ2) is 8.45. The lowest BCUT2D eigenvalue weighted by atomic mass is 10.1. The van der Waals surface area contributed by atoms with E-state index in [9.17, 15) is 4.79 Å². The van der Waals surface area contributed by atoms with Crippen LogP contribution in [0.1, 0.15) is 26.7 Å². The minimum absolute atomic E-state index is 0.0225. The standard InChI is InChI=1S/C13H27N3O2/c1-3-4-12(14)13(17)15-9-11(2)10-16-5-7-18-8-6-16/h11-12H,3-10,14H2,1-2H3,(H,15,17). The lowest BCUT2D eigenvalue weighted by molar-refractivity contribution is -0.122. The van der Waals surface area contributed by atoms with Gasteiger partial charge in [0.15, 0.2) is 0 Å². The Morgan fingerprint density at radius 2 is 2.11 bits per heavy atom. The van der Waals surface area contributed by atoms with Crippen molar-refractivity contribution >= 4 is 5.91 Å². The molecule has 5 nitrogen and oxygen atoms in total. The molecule has 0 spiro atoms. The number of amides is 1. The normalized spacial score (nSPS) is 20.4. The van der Waals surface area contributed by atoms with Gasteiger partial charge in [-0.3, -0.25) is 9.69 Å². The molecule has 1 heterocycles. The summed E-state index contributed by atoms with van der Waals surface area (Å²) in [4.78, 5) is 14.0. The van der Waals surface area contributed by atoms with E-state index in [1.54, 1.807) is 0 Å². The smallest absolute Gasteiger partial charge is 0.236 e. The van der Waals surface area contributed by atoms with E-state index in [0.29, 0.717) is 12.5 Å². The number of hydrogen-bond acceptors (Lipinski definition) is 4. The van der Waals surface area contributed by atoms with E-state index >= 15 is 0 Å². The molecule has 0 aliphatic carbocycles. The van der Waals surface area contributed by atoms with E-state index in [-0.39, 0.29) is 11.9 Å². The van der Waals surface area contributed by atoms with Crippen LogP contribution in [0.4, 0.5) is 0 Å². The lowest BCUT2D eigenvalue weighted by Gasteiger charge is -2.29. The van der Waals surface area contributed by atoms with E-state index in [1.165, 1.54) is 0 Å². The van der Waals surface area contributed by atoms with Crippen molar-refractivity contribution in [3.05, 3.63) is 0 Å². The molecule has 0 aromatic carbocycles. The lowest BCUT2D eigenvalue weighted by Crippen LogP contribution is -2.45. The summed E-state index contributed by atoms with van der Waals surface area (Å²) in [7, 11) is 0. The van der Waals surface area contributed by atoms with Crippen LogP contribution in [-0.2, 0) is 9.53 Å². The molecule has 0 bridgehead atoms. The first-order valence-electron chi connectivity index (χ1n) is 6.96. The fraction of sp³-hybridized carbons (Fsp3) is 0.923. The van der Waals surface area contributed by atoms with Crippen molar-refractivity contribution < 1.29 is 9.53 Å². The van der Waals surface area contributed by atoms with E-state index < -0.39 is 0 Å². The average Bonchev–Trinajstić information content (AvgIpc) is 2.37. The largest absolute Gasteiger partial charge is 0.379 e. The van der Waals surface area contributed by atoms with Gasteiger partial charge < -0.3 is 15.8 Å². The third kappa shape index (κ3) is 5.80. The molecule has 1 aliphatic heterocycles. The molecule has 1 aliphatic rings. The van der Waals surface area contributed by atoms with Crippen molar-refractivity contribution in [3.63, 3.8) is 0 Å². The van der Waals surface area contributed by atoms with Gasteiger partial charge in [0, 0.05) is 26.2 Å². The van der Waals surface area contributed by atoms with Crippen molar-refractivity contribution in [2.75, 3.05) is 39.4 Å². The molecule has 0 aromatic rings. The maximum Gasteiger partial charge on any atom is 0.236 e. The third-order valence-corrected chi connectivity index (χ3v) is 3.23. The van der Waals surface area contributed by atoms with Gasteiger partial charge in [0.05, 0.1) is 19.3 Å². The average molecular weight is 257 g/mol. The minimum atomic E-state index is -0.356. The zero-order chi connectivity index (χ0) is 13.4. The van der Waals surface area contributed by atoms with Crippen molar-refractivity contribution in [2.45, 2.75) is 32.7 Å². The fourth-order valence-corrected chi connectivity index (χ4v) is 2.14. The number of ether oxygens (including phenoxy) is 1. The molecule has 0 aromatic heterocycles. The predicted molar refractivity (Wildman–Crippen MR) is 72.3 cm³/mol. The van der Waals surface area contributed by atoms with E-state index in [0.717, 1.165) is 45.7 Å². The summed E-state index contributed by atoms with van der Waals surface area (Å²) in [5.41, 5.74) is 5.76. The summed E-state index contributed by atoms with van der Waals surface area (Å²) in [5.74, 6) is 0.423. The van der Waals surface area contributed by atoms with Crippen LogP contribution in [0.25, 0.3) is 0 Å². The zero-order valence-corrected chi connectivity index (χ0v) is 11.7. The van der Waals surface area contributed by atoms with Crippen molar-refractivity contribution in [3.8, 4) is 0 Å². The van der Waals surface area contributed by atoms with Crippen molar-refractivity contribution in [1.29, 1.82) is 0 Å². The third-order valence-electron chi connectivity index (χ3n) is 3.23. The van der Waals surface area contributed by atoms with Crippen LogP contribution in [0.3, 0.4) is 0 Å². The van der Waals surface area contributed by atoms with Crippen LogP contribution in [0.15, 0.2) is 0 Å². The molecule has 2 unspecified atom stereocenters. The summed E-state index contributed by atoms with van der Waals surface area (Å²) in [6, 6.07) is -0.356. The van der Waals surface area contributed by atoms with E-state index in [4.69, 9.17) is 10.5 Å². The first-order valence-corrected chi connectivity index (χ1v) is 6.96. The number of rotatable bonds is 7. The van der Waals surface area contributed by atoms with Crippen LogP contribution in [0.5, 0.6) is 0 Å². The summed E-state index contributed by atoms with van der Waals surface area (Å²) in [5, 5.41) is 2.93. The van der Waals surface area contributed by atoms with Crippen molar-refractivity contribution in [1.82, 2.24) is 10.2 Å². The maximum atomic E-state index is 11.7. The van der Waals surface area contributed by atoms with Crippen LogP contribution in [-0.4, -0.2) is 56.2 Å². The Kier molecular flexibility index (Phi) is 7.23. The molecule has 5 heteroatoms. The predicted octanol–water partition coefficient (Wildman–Crippen LogP) is 0.198. The van der Waals surface area contributed by atoms with Crippen LogP contribution in [0, 0.1) is 5.92 Å². The Morgan fingerprint density at radius 1 is 1.44 bits per heavy atom. The number of morpholine rings is 1. The molecular formula is C13H27N3O2. The maximum absolute atomic E-state index is 11.7. The Morgan fingerprint density at radius 3 is 2.72 bits per heavy atom. The number of carbonyl (C=O) groups excluding carboxylic acids is 1. The van der Waals surface area contributed by atoms with Crippen LogP contribution < -0.4 is 11.1 Å². The Balaban J connectivity index is 2.15. The summed E-state index contributed by atoms with van der Waals surface area (Å²) < 4.78 is 5.31. The number of carbonyl (C=O) groups is 1. The van der Waals surface area contributed by atoms with Gasteiger partial charge in [0.1, 0.15) is 0 Å². The molecule has 106 valence electrons. The van der Waals surface area contributed by atoms with Gasteiger partial charge in [-0.05, 0) is 12.3 Å². The molecule has 3 N–H and O–H groups in total. The molecule has 18 heavy (non-hydrogen) atoms.